The molecule has 0 saturated carbocycles. The summed E-state index contributed by atoms with van der Waals surface area (Å²) in [5, 5.41) is 5.31. The normalized spacial score (nSPS) is 11.2. The highest BCUT2D eigenvalue weighted by Crippen LogP contribution is 2.34. The van der Waals surface area contributed by atoms with E-state index in [0.29, 0.717) is 28.4 Å². The lowest BCUT2D eigenvalue weighted by Gasteiger charge is -2.12. The lowest BCUT2D eigenvalue weighted by molar-refractivity contribution is 0.103. The average molecular weight is 613 g/mol. The number of ether oxygens (including phenoxy) is 1. The molecule has 5 aromatic rings. The van der Waals surface area contributed by atoms with Crippen LogP contribution < -0.4 is 16.2 Å². The van der Waals surface area contributed by atoms with Gasteiger partial charge in [-0.15, -0.1) is 0 Å². The van der Waals surface area contributed by atoms with Crippen LogP contribution in [-0.2, 0) is 0 Å². The van der Waals surface area contributed by atoms with E-state index < -0.39 is 5.82 Å². The van der Waals surface area contributed by atoms with E-state index in [2.05, 4.69) is 26.3 Å². The molecule has 5 rings (SSSR count). The van der Waals surface area contributed by atoms with Crippen LogP contribution in [0.15, 0.2) is 66.9 Å². The Bertz CT molecular complexity index is 1650. The van der Waals surface area contributed by atoms with Crippen molar-refractivity contribution in [2.24, 2.45) is 0 Å². The van der Waals surface area contributed by atoms with Gasteiger partial charge in [0, 0.05) is 41.4 Å². The van der Waals surface area contributed by atoms with Gasteiger partial charge in [0.05, 0.1) is 23.0 Å². The van der Waals surface area contributed by atoms with Crippen LogP contribution in [0, 0.1) is 19.7 Å². The fourth-order valence-corrected chi connectivity index (χ4v) is 5.76. The topological polar surface area (TPSA) is 101 Å². The zero-order valence-corrected chi connectivity index (χ0v) is 22.3. The molecule has 36 heavy (non-hydrogen) atoms. The van der Waals surface area contributed by atoms with E-state index >= 15 is 0 Å². The minimum absolute atomic E-state index is 0.136. The molecular weight excluding hydrogens is 592 g/mol. The Balaban J connectivity index is 1.49. The Morgan fingerprint density at radius 1 is 1.06 bits per heavy atom. The Kier molecular flexibility index (Phi) is 6.39. The summed E-state index contributed by atoms with van der Waals surface area (Å²) >= 11 is 2.14. The first kappa shape index (κ1) is 24.2. The fourth-order valence-electron chi connectivity index (χ4n) is 4.04. The largest absolute Gasteiger partial charge is 0.454 e. The second-order valence-corrected chi connectivity index (χ2v) is 10.0. The molecule has 0 saturated heterocycles. The standard InChI is InChI=1S/C26H21FIN5O2S/c1-14-9-16-11-23(33(36-28)22(16)12-20(14)29)25(34)18-13-31-32(26(18)30)21-8-7-17(10-15(21)2)35-24-6-4-3-5-19(24)27/h3-13H,29-30H2,1-2H3. The van der Waals surface area contributed by atoms with Crippen LogP contribution in [0.5, 0.6) is 11.5 Å². The molecule has 0 atom stereocenters. The van der Waals surface area contributed by atoms with Crippen molar-refractivity contribution >= 4 is 58.5 Å². The minimum Gasteiger partial charge on any atom is -0.454 e. The number of hydrogen-bond donors (Lipinski definition) is 2. The summed E-state index contributed by atoms with van der Waals surface area (Å²) in [5.41, 5.74) is 17.2. The first-order chi connectivity index (χ1) is 17.3. The molecule has 0 fully saturated rings. The third-order valence-electron chi connectivity index (χ3n) is 5.96. The molecule has 0 radical (unpaired) electrons. The molecule has 0 aliphatic rings. The Labute approximate surface area is 222 Å². The van der Waals surface area contributed by atoms with E-state index in [1.807, 2.05) is 36.0 Å². The van der Waals surface area contributed by atoms with Gasteiger partial charge in [0.1, 0.15) is 17.3 Å². The van der Waals surface area contributed by atoms with Crippen LogP contribution in [0.3, 0.4) is 0 Å². The van der Waals surface area contributed by atoms with E-state index in [0.717, 1.165) is 22.0 Å². The number of ketones is 1. The summed E-state index contributed by atoms with van der Waals surface area (Å²) in [7, 11) is 1.39. The summed E-state index contributed by atoms with van der Waals surface area (Å²) in [6.07, 6.45) is 1.47. The molecule has 0 amide bonds. The second-order valence-electron chi connectivity index (χ2n) is 8.33. The zero-order chi connectivity index (χ0) is 25.6. The first-order valence-electron chi connectivity index (χ1n) is 10.9. The van der Waals surface area contributed by atoms with Crippen molar-refractivity contribution in [3.63, 3.8) is 0 Å². The number of nitrogens with two attached hydrogens (primary N) is 2. The summed E-state index contributed by atoms with van der Waals surface area (Å²) in [6.45, 7) is 3.80. The highest BCUT2D eigenvalue weighted by atomic mass is 127. The summed E-state index contributed by atoms with van der Waals surface area (Å²) in [4.78, 5) is 13.5. The predicted octanol–water partition coefficient (Wildman–Crippen LogP) is 6.62. The summed E-state index contributed by atoms with van der Waals surface area (Å²) in [5.74, 6) is 0.140. The van der Waals surface area contributed by atoms with Gasteiger partial charge in [-0.2, -0.15) is 5.10 Å². The van der Waals surface area contributed by atoms with Crippen LogP contribution in [0.2, 0.25) is 0 Å². The van der Waals surface area contributed by atoms with Crippen molar-refractivity contribution in [3.05, 3.63) is 95.1 Å². The van der Waals surface area contributed by atoms with Crippen LogP contribution in [0.25, 0.3) is 16.6 Å². The molecule has 7 nitrogen and oxygen atoms in total. The Morgan fingerprint density at radius 3 is 2.56 bits per heavy atom. The van der Waals surface area contributed by atoms with Gasteiger partial charge in [-0.1, -0.05) is 12.1 Å². The zero-order valence-electron chi connectivity index (χ0n) is 19.3. The van der Waals surface area contributed by atoms with Gasteiger partial charge in [-0.3, -0.25) is 8.77 Å². The maximum atomic E-state index is 14.0. The SMILES string of the molecule is Cc1cc2cc(C(=O)c3cnn(-c4ccc(Oc5ccccc5F)cc4C)c3N)n(SI)c2cc1N. The van der Waals surface area contributed by atoms with Gasteiger partial charge in [0.15, 0.2) is 11.6 Å². The van der Waals surface area contributed by atoms with Crippen LogP contribution in [0.1, 0.15) is 27.2 Å². The monoisotopic (exact) mass is 613 g/mol. The van der Waals surface area contributed by atoms with E-state index in [-0.39, 0.29) is 17.4 Å². The number of para-hydroxylation sites is 1. The van der Waals surface area contributed by atoms with Crippen molar-refractivity contribution < 1.29 is 13.9 Å². The molecule has 4 N–H and O–H groups in total. The quantitative estimate of drug-likeness (QED) is 0.127. The lowest BCUT2D eigenvalue weighted by atomic mass is 10.1. The van der Waals surface area contributed by atoms with Gasteiger partial charge >= 0.3 is 0 Å². The van der Waals surface area contributed by atoms with Crippen molar-refractivity contribution in [1.82, 2.24) is 13.8 Å². The number of nitrogens with zero attached hydrogens (tertiary/aromatic N) is 3. The smallest absolute Gasteiger partial charge is 0.215 e. The Hall–Kier alpha value is -3.51. The molecule has 182 valence electrons. The second kappa shape index (κ2) is 9.51. The minimum atomic E-state index is -0.446. The molecule has 0 unspecified atom stereocenters. The molecule has 0 bridgehead atoms. The third-order valence-corrected chi connectivity index (χ3v) is 7.67. The average Bonchev–Trinajstić information content (AvgIpc) is 3.40. The van der Waals surface area contributed by atoms with E-state index in [4.69, 9.17) is 16.2 Å². The van der Waals surface area contributed by atoms with Crippen LogP contribution in [0.4, 0.5) is 15.9 Å². The van der Waals surface area contributed by atoms with Crippen molar-refractivity contribution in [2.75, 3.05) is 11.5 Å². The number of nitrogen functional groups attached to an aromatic ring is 2. The number of halogens is 2. The maximum absolute atomic E-state index is 14.0. The van der Waals surface area contributed by atoms with Gasteiger partial charge in [-0.25, -0.2) is 9.07 Å². The molecule has 0 aliphatic heterocycles. The number of fused-ring (bicyclic) bond motifs is 1. The molecule has 2 aromatic heterocycles. The highest BCUT2D eigenvalue weighted by Gasteiger charge is 2.23. The fraction of sp³-hybridized carbons (Fsp3) is 0.0769. The Morgan fingerprint density at radius 2 is 1.83 bits per heavy atom. The number of anilines is 2. The highest BCUT2D eigenvalue weighted by molar-refractivity contribution is 14.2. The van der Waals surface area contributed by atoms with Crippen molar-refractivity contribution in [1.29, 1.82) is 0 Å². The number of aryl methyl sites for hydroxylation is 2. The molecule has 0 aliphatic carbocycles. The molecule has 10 heteroatoms. The van der Waals surface area contributed by atoms with Gasteiger partial charge < -0.3 is 16.2 Å². The summed E-state index contributed by atoms with van der Waals surface area (Å²) < 4.78 is 23.0. The predicted molar refractivity (Wildman–Crippen MR) is 151 cm³/mol. The first-order valence-corrected chi connectivity index (χ1v) is 14.2. The van der Waals surface area contributed by atoms with Crippen LogP contribution in [-0.4, -0.2) is 19.5 Å². The number of carbonyl (C=O) groups is 1. The number of rotatable bonds is 6. The third kappa shape index (κ3) is 4.20. The van der Waals surface area contributed by atoms with E-state index in [9.17, 15) is 9.18 Å². The number of benzene rings is 3. The molecule has 2 heterocycles. The molecule has 0 spiro atoms. The van der Waals surface area contributed by atoms with Crippen LogP contribution >= 0.6 is 30.3 Å². The van der Waals surface area contributed by atoms with Gasteiger partial charge in [0.2, 0.25) is 5.78 Å². The van der Waals surface area contributed by atoms with E-state index in [1.54, 1.807) is 36.4 Å². The van der Waals surface area contributed by atoms with E-state index in [1.165, 1.54) is 26.1 Å². The van der Waals surface area contributed by atoms with Gasteiger partial charge in [0.25, 0.3) is 0 Å². The maximum Gasteiger partial charge on any atom is 0.215 e. The lowest BCUT2D eigenvalue weighted by Crippen LogP contribution is -2.10. The van der Waals surface area contributed by atoms with Gasteiger partial charge in [-0.05, 0) is 73.5 Å². The number of aromatic nitrogens is 3. The summed E-state index contributed by atoms with van der Waals surface area (Å²) in [6, 6.07) is 17.1. The number of hydrogen-bond acceptors (Lipinski definition) is 6. The molecular formula is C26H21FIN5O2S. The number of carbonyl (C=O) groups excluding carboxylic acids is 1. The molecule has 3 aromatic carbocycles. The van der Waals surface area contributed by atoms with Crippen molar-refractivity contribution in [3.8, 4) is 17.2 Å². The van der Waals surface area contributed by atoms with Crippen molar-refractivity contribution in [2.45, 2.75) is 13.8 Å².